The lowest BCUT2D eigenvalue weighted by molar-refractivity contribution is 0.573. The van der Waals surface area contributed by atoms with Crippen LogP contribution in [0.3, 0.4) is 0 Å². The van der Waals surface area contributed by atoms with Crippen LogP contribution in [-0.2, 0) is 6.54 Å². The molecule has 0 bridgehead atoms. The van der Waals surface area contributed by atoms with Crippen molar-refractivity contribution in [1.82, 2.24) is 15.1 Å². The predicted octanol–water partition coefficient (Wildman–Crippen LogP) is 2.19. The number of nitrogens with zero attached hydrogens (tertiary/aromatic N) is 2. The van der Waals surface area contributed by atoms with Crippen molar-refractivity contribution in [2.24, 2.45) is 0 Å². The normalized spacial score (nSPS) is 11.1. The summed E-state index contributed by atoms with van der Waals surface area (Å²) in [5.74, 6) is 0. The van der Waals surface area contributed by atoms with Crippen LogP contribution in [0, 0.1) is 0 Å². The number of hydrogen-bond donors (Lipinski definition) is 1. The minimum Gasteiger partial charge on any atom is -0.311 e. The van der Waals surface area contributed by atoms with Gasteiger partial charge in [-0.1, -0.05) is 42.5 Å². The molecule has 1 aromatic carbocycles. The topological polar surface area (TPSA) is 29.9 Å². The summed E-state index contributed by atoms with van der Waals surface area (Å²) in [6, 6.07) is 12.3. The molecule has 1 aromatic heterocycles. The minimum absolute atomic E-state index is 0.885. The van der Waals surface area contributed by atoms with Gasteiger partial charge in [-0.05, 0) is 11.6 Å². The summed E-state index contributed by atoms with van der Waals surface area (Å²) in [5, 5.41) is 7.49. The van der Waals surface area contributed by atoms with E-state index in [2.05, 4.69) is 34.7 Å². The second-order valence-electron chi connectivity index (χ2n) is 3.79. The standard InChI is InChI=1S/C14H17N3/c1-2-6-14(7-3-1)8-4-9-15-11-13-17-12-5-10-16-17/h1-8,10,12,15H,9,11,13H2. The van der Waals surface area contributed by atoms with Crippen LogP contribution in [-0.4, -0.2) is 22.9 Å². The quantitative estimate of drug-likeness (QED) is 0.767. The van der Waals surface area contributed by atoms with Crippen molar-refractivity contribution in [3.05, 3.63) is 60.4 Å². The van der Waals surface area contributed by atoms with Crippen LogP contribution >= 0.6 is 0 Å². The molecule has 3 heteroatoms. The maximum atomic E-state index is 4.14. The molecule has 1 N–H and O–H groups in total. The van der Waals surface area contributed by atoms with Gasteiger partial charge in [0.05, 0.1) is 6.54 Å². The van der Waals surface area contributed by atoms with Crippen LogP contribution in [0.5, 0.6) is 0 Å². The molecule has 2 aromatic rings. The van der Waals surface area contributed by atoms with Crippen LogP contribution in [0.25, 0.3) is 6.08 Å². The molecule has 0 amide bonds. The number of hydrogen-bond acceptors (Lipinski definition) is 2. The molecule has 0 fully saturated rings. The first-order valence-electron chi connectivity index (χ1n) is 5.85. The molecule has 88 valence electrons. The van der Waals surface area contributed by atoms with Crippen molar-refractivity contribution in [1.29, 1.82) is 0 Å². The highest BCUT2D eigenvalue weighted by Gasteiger charge is 1.88. The van der Waals surface area contributed by atoms with Gasteiger partial charge >= 0.3 is 0 Å². The smallest absolute Gasteiger partial charge is 0.0534 e. The number of benzene rings is 1. The van der Waals surface area contributed by atoms with Crippen LogP contribution in [0.1, 0.15) is 5.56 Å². The third-order valence-electron chi connectivity index (χ3n) is 2.45. The van der Waals surface area contributed by atoms with Crippen molar-refractivity contribution in [2.75, 3.05) is 13.1 Å². The zero-order valence-electron chi connectivity index (χ0n) is 9.79. The first-order chi connectivity index (χ1) is 8.45. The lowest BCUT2D eigenvalue weighted by Crippen LogP contribution is -2.20. The molecule has 0 aliphatic rings. The second kappa shape index (κ2) is 6.66. The van der Waals surface area contributed by atoms with E-state index < -0.39 is 0 Å². The van der Waals surface area contributed by atoms with E-state index in [1.54, 1.807) is 6.20 Å². The summed E-state index contributed by atoms with van der Waals surface area (Å²) < 4.78 is 1.92. The Morgan fingerprint density at radius 3 is 2.82 bits per heavy atom. The first kappa shape index (κ1) is 11.6. The van der Waals surface area contributed by atoms with Crippen molar-refractivity contribution in [2.45, 2.75) is 6.54 Å². The molecular weight excluding hydrogens is 210 g/mol. The summed E-state index contributed by atoms with van der Waals surface area (Å²) in [5.41, 5.74) is 1.24. The fourth-order valence-electron chi connectivity index (χ4n) is 1.57. The summed E-state index contributed by atoms with van der Waals surface area (Å²) >= 11 is 0. The van der Waals surface area contributed by atoms with Gasteiger partial charge in [0.15, 0.2) is 0 Å². The number of aromatic nitrogens is 2. The molecule has 2 rings (SSSR count). The Bertz CT molecular complexity index is 432. The molecule has 0 aliphatic carbocycles. The van der Waals surface area contributed by atoms with Gasteiger partial charge in [0.25, 0.3) is 0 Å². The Balaban J connectivity index is 1.62. The van der Waals surface area contributed by atoms with E-state index in [0.717, 1.165) is 19.6 Å². The highest BCUT2D eigenvalue weighted by Crippen LogP contribution is 1.99. The third-order valence-corrected chi connectivity index (χ3v) is 2.45. The second-order valence-corrected chi connectivity index (χ2v) is 3.79. The third kappa shape index (κ3) is 4.25. The monoisotopic (exact) mass is 227 g/mol. The zero-order valence-corrected chi connectivity index (χ0v) is 9.79. The number of nitrogens with one attached hydrogen (secondary N) is 1. The van der Waals surface area contributed by atoms with E-state index in [1.807, 2.05) is 35.1 Å². The van der Waals surface area contributed by atoms with E-state index in [4.69, 9.17) is 0 Å². The first-order valence-corrected chi connectivity index (χ1v) is 5.85. The Kier molecular flexibility index (Phi) is 4.55. The summed E-state index contributed by atoms with van der Waals surface area (Å²) in [7, 11) is 0. The molecule has 0 unspecified atom stereocenters. The van der Waals surface area contributed by atoms with Crippen molar-refractivity contribution in [3.63, 3.8) is 0 Å². The zero-order chi connectivity index (χ0) is 11.8. The molecule has 3 nitrogen and oxygen atoms in total. The van der Waals surface area contributed by atoms with Crippen molar-refractivity contribution >= 4 is 6.08 Å². The molecule has 0 aliphatic heterocycles. The highest BCUT2D eigenvalue weighted by molar-refractivity contribution is 5.48. The average Bonchev–Trinajstić information content (AvgIpc) is 2.88. The average molecular weight is 227 g/mol. The lowest BCUT2D eigenvalue weighted by atomic mass is 10.2. The Morgan fingerprint density at radius 1 is 1.18 bits per heavy atom. The van der Waals surface area contributed by atoms with Gasteiger partial charge in [0, 0.05) is 25.5 Å². The lowest BCUT2D eigenvalue weighted by Gasteiger charge is -2.01. The van der Waals surface area contributed by atoms with E-state index >= 15 is 0 Å². The Morgan fingerprint density at radius 2 is 2.06 bits per heavy atom. The maximum absolute atomic E-state index is 4.14. The predicted molar refractivity (Wildman–Crippen MR) is 70.6 cm³/mol. The molecule has 0 atom stereocenters. The van der Waals surface area contributed by atoms with Crippen molar-refractivity contribution < 1.29 is 0 Å². The fraction of sp³-hybridized carbons (Fsp3) is 0.214. The van der Waals surface area contributed by atoms with Gasteiger partial charge in [-0.15, -0.1) is 0 Å². The van der Waals surface area contributed by atoms with Gasteiger partial charge < -0.3 is 5.32 Å². The van der Waals surface area contributed by atoms with E-state index in [1.165, 1.54) is 5.56 Å². The van der Waals surface area contributed by atoms with Gasteiger partial charge in [-0.2, -0.15) is 5.10 Å². The van der Waals surface area contributed by atoms with Crippen molar-refractivity contribution in [3.8, 4) is 0 Å². The number of rotatable bonds is 6. The van der Waals surface area contributed by atoms with E-state index in [-0.39, 0.29) is 0 Å². The SMILES string of the molecule is C(=Cc1ccccc1)CNCCn1cccn1. The fourth-order valence-corrected chi connectivity index (χ4v) is 1.57. The van der Waals surface area contributed by atoms with E-state index in [9.17, 15) is 0 Å². The summed E-state index contributed by atoms with van der Waals surface area (Å²) in [6.45, 7) is 2.73. The largest absolute Gasteiger partial charge is 0.311 e. The van der Waals surface area contributed by atoms with E-state index in [0.29, 0.717) is 0 Å². The molecule has 0 saturated carbocycles. The van der Waals surface area contributed by atoms with Gasteiger partial charge in [0.2, 0.25) is 0 Å². The van der Waals surface area contributed by atoms with Gasteiger partial charge in [0.1, 0.15) is 0 Å². The molecule has 17 heavy (non-hydrogen) atoms. The minimum atomic E-state index is 0.885. The van der Waals surface area contributed by atoms with Gasteiger partial charge in [-0.3, -0.25) is 4.68 Å². The maximum Gasteiger partial charge on any atom is 0.0534 e. The molecule has 0 saturated heterocycles. The summed E-state index contributed by atoms with van der Waals surface area (Å²) in [4.78, 5) is 0. The Hall–Kier alpha value is -1.87. The molecule has 0 spiro atoms. The molecule has 0 radical (unpaired) electrons. The van der Waals surface area contributed by atoms with Crippen LogP contribution < -0.4 is 5.32 Å². The molecular formula is C14H17N3. The van der Waals surface area contributed by atoms with Gasteiger partial charge in [-0.25, -0.2) is 0 Å². The highest BCUT2D eigenvalue weighted by atomic mass is 15.3. The van der Waals surface area contributed by atoms with Crippen LogP contribution in [0.2, 0.25) is 0 Å². The van der Waals surface area contributed by atoms with Crippen LogP contribution in [0.4, 0.5) is 0 Å². The Labute approximate surface area is 102 Å². The van der Waals surface area contributed by atoms with Crippen LogP contribution in [0.15, 0.2) is 54.9 Å². The summed E-state index contributed by atoms with van der Waals surface area (Å²) in [6.07, 6.45) is 8.04. The molecule has 1 heterocycles.